The van der Waals surface area contributed by atoms with Crippen LogP contribution < -0.4 is 15.4 Å². The molecule has 2 N–H and O–H groups in total. The van der Waals surface area contributed by atoms with Crippen molar-refractivity contribution in [3.63, 3.8) is 0 Å². The topological polar surface area (TPSA) is 83.0 Å². The van der Waals surface area contributed by atoms with Crippen LogP contribution in [0.2, 0.25) is 0 Å². The fourth-order valence-electron chi connectivity index (χ4n) is 2.49. The molecule has 7 nitrogen and oxygen atoms in total. The number of rotatable bonds is 6. The Balaban J connectivity index is 1.75. The number of nitrogens with one attached hydrogen (secondary N) is 2. The van der Waals surface area contributed by atoms with Crippen LogP contribution in [-0.2, 0) is 16.1 Å². The first-order valence-electron chi connectivity index (χ1n) is 8.04. The second kappa shape index (κ2) is 8.90. The Morgan fingerprint density at radius 3 is 2.42 bits per heavy atom. The van der Waals surface area contributed by atoms with Crippen molar-refractivity contribution in [3.8, 4) is 5.75 Å². The lowest BCUT2D eigenvalue weighted by Gasteiger charge is -2.25. The summed E-state index contributed by atoms with van der Waals surface area (Å²) in [6.45, 7) is 1.45. The molecule has 2 amide bonds. The summed E-state index contributed by atoms with van der Waals surface area (Å²) in [7, 11) is 3.32. The van der Waals surface area contributed by atoms with Gasteiger partial charge in [-0.25, -0.2) is 0 Å². The van der Waals surface area contributed by atoms with Crippen LogP contribution >= 0.6 is 0 Å². The first-order chi connectivity index (χ1) is 11.6. The Morgan fingerprint density at radius 1 is 1.17 bits per heavy atom. The molecule has 0 radical (unpaired) electrons. The van der Waals surface area contributed by atoms with E-state index in [0.717, 1.165) is 11.3 Å². The van der Waals surface area contributed by atoms with Gasteiger partial charge in [-0.3, -0.25) is 19.5 Å². The number of carbonyl (C=O) groups excluding carboxylic acids is 2. The first-order valence-corrected chi connectivity index (χ1v) is 8.04. The molecule has 1 saturated heterocycles. The second-order valence-electron chi connectivity index (χ2n) is 5.49. The number of aliphatic imine (C=N–C) groups is 1. The van der Waals surface area contributed by atoms with Gasteiger partial charge in [0.05, 0.1) is 7.11 Å². The number of guanidine groups is 1. The Morgan fingerprint density at radius 2 is 1.83 bits per heavy atom. The predicted molar refractivity (Wildman–Crippen MR) is 91.8 cm³/mol. The third-order valence-electron chi connectivity index (χ3n) is 3.85. The Labute approximate surface area is 142 Å². The summed E-state index contributed by atoms with van der Waals surface area (Å²) in [5.74, 6) is 1.27. The SMILES string of the molecule is CN=C(NCCN1C(=O)CCCC1=O)NCc1ccc(OC)cc1. The smallest absolute Gasteiger partial charge is 0.229 e. The third-order valence-corrected chi connectivity index (χ3v) is 3.85. The molecule has 1 aliphatic rings. The van der Waals surface area contributed by atoms with Gasteiger partial charge < -0.3 is 15.4 Å². The number of piperidine rings is 1. The standard InChI is InChI=1S/C17H24N4O3/c1-18-17(20-12-13-6-8-14(24-2)9-7-13)19-10-11-21-15(22)4-3-5-16(21)23/h6-9H,3-5,10-12H2,1-2H3,(H2,18,19,20). The lowest BCUT2D eigenvalue weighted by molar-refractivity contribution is -0.147. The molecule has 0 bridgehead atoms. The molecular formula is C17H24N4O3. The molecule has 1 fully saturated rings. The van der Waals surface area contributed by atoms with Gasteiger partial charge in [0.25, 0.3) is 0 Å². The van der Waals surface area contributed by atoms with Crippen LogP contribution in [0, 0.1) is 0 Å². The maximum atomic E-state index is 11.7. The van der Waals surface area contributed by atoms with E-state index in [1.165, 1.54) is 4.90 Å². The lowest BCUT2D eigenvalue weighted by Crippen LogP contribution is -2.46. The minimum absolute atomic E-state index is 0.0887. The highest BCUT2D eigenvalue weighted by Crippen LogP contribution is 2.12. The number of carbonyl (C=O) groups is 2. The van der Waals surface area contributed by atoms with Gasteiger partial charge in [-0.1, -0.05) is 12.1 Å². The van der Waals surface area contributed by atoms with Gasteiger partial charge in [0.1, 0.15) is 5.75 Å². The molecule has 0 aliphatic carbocycles. The summed E-state index contributed by atoms with van der Waals surface area (Å²) in [4.78, 5) is 28.9. The van der Waals surface area contributed by atoms with E-state index in [1.54, 1.807) is 14.2 Å². The lowest BCUT2D eigenvalue weighted by atomic mass is 10.1. The summed E-state index contributed by atoms with van der Waals surface area (Å²) >= 11 is 0. The number of hydrogen-bond acceptors (Lipinski definition) is 4. The number of ether oxygens (including phenoxy) is 1. The van der Waals surface area contributed by atoms with Gasteiger partial charge in [-0.15, -0.1) is 0 Å². The van der Waals surface area contributed by atoms with Crippen molar-refractivity contribution < 1.29 is 14.3 Å². The average molecular weight is 332 g/mol. The number of nitrogens with zero attached hydrogens (tertiary/aromatic N) is 2. The van der Waals surface area contributed by atoms with E-state index < -0.39 is 0 Å². The van der Waals surface area contributed by atoms with Gasteiger partial charge in [0, 0.05) is 39.5 Å². The monoisotopic (exact) mass is 332 g/mol. The molecule has 130 valence electrons. The summed E-state index contributed by atoms with van der Waals surface area (Å²) in [5.41, 5.74) is 1.10. The highest BCUT2D eigenvalue weighted by atomic mass is 16.5. The number of likely N-dealkylation sites (tertiary alicyclic amines) is 1. The largest absolute Gasteiger partial charge is 0.497 e. The van der Waals surface area contributed by atoms with Gasteiger partial charge in [-0.05, 0) is 24.1 Å². The van der Waals surface area contributed by atoms with Crippen molar-refractivity contribution in [2.45, 2.75) is 25.8 Å². The van der Waals surface area contributed by atoms with E-state index in [1.807, 2.05) is 24.3 Å². The zero-order valence-electron chi connectivity index (χ0n) is 14.2. The van der Waals surface area contributed by atoms with Crippen LogP contribution in [0.25, 0.3) is 0 Å². The van der Waals surface area contributed by atoms with Crippen LogP contribution in [-0.4, -0.2) is 49.9 Å². The Hall–Kier alpha value is -2.57. The fraction of sp³-hybridized carbons (Fsp3) is 0.471. The Kier molecular flexibility index (Phi) is 6.60. The normalized spacial score (nSPS) is 15.4. The minimum Gasteiger partial charge on any atom is -0.497 e. The van der Waals surface area contributed by atoms with E-state index >= 15 is 0 Å². The summed E-state index contributed by atoms with van der Waals surface area (Å²) in [5, 5.41) is 6.31. The van der Waals surface area contributed by atoms with Crippen molar-refractivity contribution in [1.29, 1.82) is 0 Å². The summed E-state index contributed by atoms with van der Waals surface area (Å²) < 4.78 is 5.13. The molecule has 1 heterocycles. The van der Waals surface area contributed by atoms with E-state index in [9.17, 15) is 9.59 Å². The summed E-state index contributed by atoms with van der Waals surface area (Å²) in [6, 6.07) is 7.76. The van der Waals surface area contributed by atoms with Crippen LogP contribution in [0.5, 0.6) is 5.75 Å². The average Bonchev–Trinajstić information content (AvgIpc) is 2.60. The van der Waals surface area contributed by atoms with Gasteiger partial charge >= 0.3 is 0 Å². The van der Waals surface area contributed by atoms with Crippen LogP contribution in [0.1, 0.15) is 24.8 Å². The number of imide groups is 1. The van der Waals surface area contributed by atoms with Crippen molar-refractivity contribution in [1.82, 2.24) is 15.5 Å². The van der Waals surface area contributed by atoms with Crippen LogP contribution in [0.15, 0.2) is 29.3 Å². The molecule has 0 spiro atoms. The molecule has 1 aromatic carbocycles. The predicted octanol–water partition coefficient (Wildman–Crippen LogP) is 0.899. The van der Waals surface area contributed by atoms with Crippen molar-refractivity contribution in [2.75, 3.05) is 27.2 Å². The minimum atomic E-state index is -0.0887. The maximum Gasteiger partial charge on any atom is 0.229 e. The number of methoxy groups -OCH3 is 1. The first kappa shape index (κ1) is 17.8. The van der Waals surface area contributed by atoms with Gasteiger partial charge in [-0.2, -0.15) is 0 Å². The molecule has 0 saturated carbocycles. The molecule has 1 aromatic rings. The molecular weight excluding hydrogens is 308 g/mol. The molecule has 0 unspecified atom stereocenters. The zero-order valence-corrected chi connectivity index (χ0v) is 14.2. The number of hydrogen-bond donors (Lipinski definition) is 2. The molecule has 1 aliphatic heterocycles. The van der Waals surface area contributed by atoms with Crippen LogP contribution in [0.3, 0.4) is 0 Å². The van der Waals surface area contributed by atoms with Crippen molar-refractivity contribution in [2.24, 2.45) is 4.99 Å². The quantitative estimate of drug-likeness (QED) is 0.459. The molecule has 0 aromatic heterocycles. The number of benzene rings is 1. The summed E-state index contributed by atoms with van der Waals surface area (Å²) in [6.07, 6.45) is 1.57. The molecule has 7 heteroatoms. The maximum absolute atomic E-state index is 11.7. The van der Waals surface area contributed by atoms with Gasteiger partial charge in [0.2, 0.25) is 11.8 Å². The molecule has 0 atom stereocenters. The third kappa shape index (κ3) is 4.97. The van der Waals surface area contributed by atoms with E-state index in [-0.39, 0.29) is 11.8 Å². The Bertz CT molecular complexity index is 582. The van der Waals surface area contributed by atoms with E-state index in [0.29, 0.717) is 44.9 Å². The van der Waals surface area contributed by atoms with E-state index in [2.05, 4.69) is 15.6 Å². The highest BCUT2D eigenvalue weighted by molar-refractivity contribution is 5.97. The van der Waals surface area contributed by atoms with Crippen LogP contribution in [0.4, 0.5) is 0 Å². The second-order valence-corrected chi connectivity index (χ2v) is 5.49. The number of amides is 2. The van der Waals surface area contributed by atoms with Crippen molar-refractivity contribution >= 4 is 17.8 Å². The fourth-order valence-corrected chi connectivity index (χ4v) is 2.49. The van der Waals surface area contributed by atoms with E-state index in [4.69, 9.17) is 4.74 Å². The zero-order chi connectivity index (χ0) is 17.4. The molecule has 2 rings (SSSR count). The highest BCUT2D eigenvalue weighted by Gasteiger charge is 2.25. The van der Waals surface area contributed by atoms with Crippen molar-refractivity contribution in [3.05, 3.63) is 29.8 Å². The molecule has 24 heavy (non-hydrogen) atoms. The van der Waals surface area contributed by atoms with Gasteiger partial charge in [0.15, 0.2) is 5.96 Å².